The first-order valence-corrected chi connectivity index (χ1v) is 7.74. The summed E-state index contributed by atoms with van der Waals surface area (Å²) in [5.74, 6) is -0.431. The van der Waals surface area contributed by atoms with Crippen LogP contribution in [0.15, 0.2) is 47.9 Å². The minimum atomic E-state index is -1.16. The summed E-state index contributed by atoms with van der Waals surface area (Å²) in [5.41, 5.74) is -0.879. The zero-order valence-corrected chi connectivity index (χ0v) is 13.2. The number of para-hydroxylation sites is 1. The van der Waals surface area contributed by atoms with Gasteiger partial charge in [-0.15, -0.1) is 11.3 Å². The second-order valence-corrected chi connectivity index (χ2v) is 6.07. The lowest BCUT2D eigenvalue weighted by atomic mass is 10.1. The van der Waals surface area contributed by atoms with Gasteiger partial charge < -0.3 is 10.4 Å². The second-order valence-electron chi connectivity index (χ2n) is 5.12. The Hall–Kier alpha value is -2.51. The van der Waals surface area contributed by atoms with Gasteiger partial charge in [-0.2, -0.15) is 0 Å². The summed E-state index contributed by atoms with van der Waals surface area (Å²) in [6, 6.07) is 9.77. The number of amides is 1. The van der Waals surface area contributed by atoms with Crippen molar-refractivity contribution in [2.24, 2.45) is 0 Å². The van der Waals surface area contributed by atoms with Crippen molar-refractivity contribution < 1.29 is 14.8 Å². The predicted octanol–water partition coefficient (Wildman–Crippen LogP) is 2.69. The third kappa shape index (κ3) is 4.48. The Labute approximate surface area is 137 Å². The highest BCUT2D eigenvalue weighted by Crippen LogP contribution is 2.24. The summed E-state index contributed by atoms with van der Waals surface area (Å²) in [5, 5.41) is 25.6. The van der Waals surface area contributed by atoms with E-state index in [2.05, 4.69) is 5.32 Å². The lowest BCUT2D eigenvalue weighted by Gasteiger charge is -2.21. The highest BCUT2D eigenvalue weighted by Gasteiger charge is 2.24. The number of carbonyl (C=O) groups is 1. The largest absolute Gasteiger partial charge is 0.383 e. The van der Waals surface area contributed by atoms with E-state index in [1.54, 1.807) is 31.2 Å². The molecule has 1 aromatic carbocycles. The molecule has 6 nitrogen and oxygen atoms in total. The summed E-state index contributed by atoms with van der Waals surface area (Å²) in [7, 11) is 0. The number of hydrogen-bond donors (Lipinski definition) is 2. The van der Waals surface area contributed by atoms with E-state index in [0.29, 0.717) is 5.56 Å². The van der Waals surface area contributed by atoms with Crippen molar-refractivity contribution in [3.05, 3.63) is 68.4 Å². The van der Waals surface area contributed by atoms with Gasteiger partial charge in [0.15, 0.2) is 0 Å². The quantitative estimate of drug-likeness (QED) is 0.483. The first-order chi connectivity index (χ1) is 10.9. The first kappa shape index (κ1) is 16.9. The number of nitrogens with one attached hydrogen (secondary N) is 1. The van der Waals surface area contributed by atoms with Crippen LogP contribution >= 0.6 is 11.3 Å². The van der Waals surface area contributed by atoms with Gasteiger partial charge in [-0.3, -0.25) is 14.9 Å². The molecule has 0 saturated heterocycles. The number of hydrogen-bond acceptors (Lipinski definition) is 5. The maximum Gasteiger partial charge on any atom is 0.276 e. The number of thiophene rings is 1. The fourth-order valence-electron chi connectivity index (χ4n) is 1.95. The molecule has 1 heterocycles. The lowest BCUT2D eigenvalue weighted by molar-refractivity contribution is -0.385. The highest BCUT2D eigenvalue weighted by atomic mass is 32.1. The molecule has 1 amide bonds. The molecule has 0 aliphatic heterocycles. The Morgan fingerprint density at radius 3 is 2.78 bits per heavy atom. The molecule has 0 bridgehead atoms. The molecule has 2 N–H and O–H groups in total. The van der Waals surface area contributed by atoms with Gasteiger partial charge in [-0.25, -0.2) is 0 Å². The van der Waals surface area contributed by atoms with Crippen molar-refractivity contribution in [1.82, 2.24) is 5.32 Å². The molecule has 0 spiro atoms. The fourth-order valence-corrected chi connectivity index (χ4v) is 2.74. The van der Waals surface area contributed by atoms with Crippen LogP contribution in [0.2, 0.25) is 0 Å². The Morgan fingerprint density at radius 2 is 2.13 bits per heavy atom. The van der Waals surface area contributed by atoms with Gasteiger partial charge in [0, 0.05) is 17.0 Å². The molecular weight excluding hydrogens is 316 g/mol. The normalized spacial score (nSPS) is 13.7. The molecule has 120 valence electrons. The monoisotopic (exact) mass is 332 g/mol. The van der Waals surface area contributed by atoms with Crippen LogP contribution in [0.1, 0.15) is 17.4 Å². The van der Waals surface area contributed by atoms with E-state index in [9.17, 15) is 20.0 Å². The number of aliphatic hydroxyl groups is 1. The number of nitro groups is 1. The number of rotatable bonds is 6. The molecule has 0 aliphatic carbocycles. The van der Waals surface area contributed by atoms with Gasteiger partial charge in [0.1, 0.15) is 5.60 Å². The summed E-state index contributed by atoms with van der Waals surface area (Å²) in [6.07, 6.45) is 2.60. The number of carbonyl (C=O) groups excluding carboxylic acids is 1. The fraction of sp³-hybridized carbons (Fsp3) is 0.188. The average Bonchev–Trinajstić information content (AvgIpc) is 3.06. The smallest absolute Gasteiger partial charge is 0.276 e. The number of nitro benzene ring substituents is 1. The Balaban J connectivity index is 1.99. The van der Waals surface area contributed by atoms with Gasteiger partial charge in [0.05, 0.1) is 17.0 Å². The summed E-state index contributed by atoms with van der Waals surface area (Å²) >= 11 is 1.40. The number of benzene rings is 1. The molecule has 0 radical (unpaired) electrons. The SMILES string of the molecule is CC(O)(CNC(=O)/C=C/c1ccccc1[N+](=O)[O-])c1cccs1. The van der Waals surface area contributed by atoms with E-state index in [0.717, 1.165) is 4.88 Å². The molecule has 7 heteroatoms. The Bertz CT molecular complexity index is 723. The third-order valence-electron chi connectivity index (χ3n) is 3.21. The summed E-state index contributed by atoms with van der Waals surface area (Å²) in [6.45, 7) is 1.67. The van der Waals surface area contributed by atoms with Crippen LogP contribution in [0.3, 0.4) is 0 Å². The molecule has 1 unspecified atom stereocenters. The van der Waals surface area contributed by atoms with E-state index in [1.807, 2.05) is 11.4 Å². The van der Waals surface area contributed by atoms with Crippen molar-refractivity contribution >= 4 is 29.0 Å². The molecular formula is C16H16N2O4S. The van der Waals surface area contributed by atoms with Crippen molar-refractivity contribution in [3.8, 4) is 0 Å². The van der Waals surface area contributed by atoms with E-state index in [-0.39, 0.29) is 12.2 Å². The van der Waals surface area contributed by atoms with Gasteiger partial charge >= 0.3 is 0 Å². The van der Waals surface area contributed by atoms with Gasteiger partial charge in [-0.05, 0) is 30.5 Å². The van der Waals surface area contributed by atoms with Gasteiger partial charge in [-0.1, -0.05) is 18.2 Å². The standard InChI is InChI=1S/C16H16N2O4S/c1-16(20,14-7-4-10-23-14)11-17-15(19)9-8-12-5-2-3-6-13(12)18(21)22/h2-10,20H,11H2,1H3,(H,17,19)/b9-8+. The molecule has 0 fully saturated rings. The molecule has 0 aliphatic rings. The predicted molar refractivity (Wildman–Crippen MR) is 89.0 cm³/mol. The lowest BCUT2D eigenvalue weighted by Crippen LogP contribution is -2.37. The van der Waals surface area contributed by atoms with E-state index in [1.165, 1.54) is 29.6 Å². The van der Waals surface area contributed by atoms with Crippen LogP contribution < -0.4 is 5.32 Å². The minimum absolute atomic E-state index is 0.0492. The zero-order chi connectivity index (χ0) is 16.9. The first-order valence-electron chi connectivity index (χ1n) is 6.86. The van der Waals surface area contributed by atoms with Crippen molar-refractivity contribution in [2.45, 2.75) is 12.5 Å². The van der Waals surface area contributed by atoms with Crippen molar-refractivity contribution in [1.29, 1.82) is 0 Å². The van der Waals surface area contributed by atoms with Crippen LogP contribution in [-0.4, -0.2) is 22.5 Å². The average molecular weight is 332 g/mol. The molecule has 2 rings (SSSR count). The van der Waals surface area contributed by atoms with Crippen LogP contribution in [0.5, 0.6) is 0 Å². The van der Waals surface area contributed by atoms with E-state index in [4.69, 9.17) is 0 Å². The maximum atomic E-state index is 11.8. The van der Waals surface area contributed by atoms with Crippen molar-refractivity contribution in [2.75, 3.05) is 6.54 Å². The van der Waals surface area contributed by atoms with Gasteiger partial charge in [0.2, 0.25) is 5.91 Å². The molecule has 2 aromatic rings. The van der Waals surface area contributed by atoms with Crippen LogP contribution in [0, 0.1) is 10.1 Å². The third-order valence-corrected chi connectivity index (χ3v) is 4.33. The minimum Gasteiger partial charge on any atom is -0.383 e. The van der Waals surface area contributed by atoms with Crippen LogP contribution in [-0.2, 0) is 10.4 Å². The molecule has 0 saturated carbocycles. The van der Waals surface area contributed by atoms with Crippen LogP contribution in [0.25, 0.3) is 6.08 Å². The Kier molecular flexibility index (Phi) is 5.25. The van der Waals surface area contributed by atoms with E-state index >= 15 is 0 Å². The molecule has 23 heavy (non-hydrogen) atoms. The second kappa shape index (κ2) is 7.17. The van der Waals surface area contributed by atoms with Crippen molar-refractivity contribution in [3.63, 3.8) is 0 Å². The Morgan fingerprint density at radius 1 is 1.39 bits per heavy atom. The summed E-state index contributed by atoms with van der Waals surface area (Å²) < 4.78 is 0. The molecule has 1 aromatic heterocycles. The topological polar surface area (TPSA) is 92.5 Å². The molecule has 1 atom stereocenters. The van der Waals surface area contributed by atoms with Gasteiger partial charge in [0.25, 0.3) is 5.69 Å². The zero-order valence-electron chi connectivity index (χ0n) is 12.4. The number of nitrogens with zero attached hydrogens (tertiary/aromatic N) is 1. The summed E-state index contributed by atoms with van der Waals surface area (Å²) in [4.78, 5) is 23.0. The van der Waals surface area contributed by atoms with E-state index < -0.39 is 16.4 Å². The maximum absolute atomic E-state index is 11.8. The van der Waals surface area contributed by atoms with Crippen LogP contribution in [0.4, 0.5) is 5.69 Å². The highest BCUT2D eigenvalue weighted by molar-refractivity contribution is 7.10.